The number of esters is 1. The third-order valence-electron chi connectivity index (χ3n) is 12.3. The number of hydrogen-bond acceptors (Lipinski definition) is 17. The molecule has 0 spiro atoms. The number of nitrogens with one attached hydrogen (secondary N) is 1. The highest BCUT2D eigenvalue weighted by molar-refractivity contribution is 5.88. The van der Waals surface area contributed by atoms with E-state index in [2.05, 4.69) is 10.5 Å². The van der Waals surface area contributed by atoms with E-state index < -0.39 is 102 Å². The molecule has 0 unspecified atom stereocenters. The van der Waals surface area contributed by atoms with Crippen LogP contribution in [0.25, 0.3) is 0 Å². The normalized spacial score (nSPS) is 46.3. The highest BCUT2D eigenvalue weighted by Crippen LogP contribution is 2.41. The van der Waals surface area contributed by atoms with E-state index in [1.807, 2.05) is 6.92 Å². The van der Waals surface area contributed by atoms with E-state index in [0.29, 0.717) is 18.7 Å². The SMILES string of the molecule is CC[C@H]1OC(=O)[C@H](C)[C@@H](O[C@H]2C[C@@](C)(OC)[C@@H](O)[C@H](C)O2)[C@H](C)[C@@H](O[C@@H]2O[C@H](C)C[C@H](NC)[C@H]2O)[C@](C)(O)C[C@@H](C)C(=NOCOCCOC)[C@H](C)[C@@H](O)[C@]1(C)O. The first kappa shape index (κ1) is 49.8. The summed E-state index contributed by atoms with van der Waals surface area (Å²) in [5.41, 5.74) is -4.49. The Labute approximate surface area is 339 Å². The second kappa shape index (κ2) is 21.3. The molecule has 0 bridgehead atoms. The maximum Gasteiger partial charge on any atom is 0.311 e. The molecule has 17 nitrogen and oxygen atoms in total. The lowest BCUT2D eigenvalue weighted by molar-refractivity contribution is -0.315. The van der Waals surface area contributed by atoms with Gasteiger partial charge in [-0.1, -0.05) is 32.9 Å². The Morgan fingerprint density at radius 1 is 0.912 bits per heavy atom. The van der Waals surface area contributed by atoms with E-state index >= 15 is 0 Å². The van der Waals surface area contributed by atoms with Gasteiger partial charge in [-0.05, 0) is 67.9 Å². The van der Waals surface area contributed by atoms with E-state index in [-0.39, 0.29) is 44.8 Å². The van der Waals surface area contributed by atoms with Crippen molar-refractivity contribution in [2.45, 2.75) is 179 Å². The van der Waals surface area contributed by atoms with Crippen molar-refractivity contribution in [3.8, 4) is 0 Å². The Kier molecular flexibility index (Phi) is 18.6. The van der Waals surface area contributed by atoms with E-state index in [1.54, 1.807) is 69.5 Å². The number of carbonyl (C=O) groups excluding carboxylic acids is 1. The van der Waals surface area contributed by atoms with Gasteiger partial charge in [0.15, 0.2) is 12.6 Å². The summed E-state index contributed by atoms with van der Waals surface area (Å²) in [6, 6.07) is -0.379. The van der Waals surface area contributed by atoms with Crippen molar-refractivity contribution in [3.05, 3.63) is 0 Å². The quantitative estimate of drug-likeness (QED) is 0.0675. The number of carbonyl (C=O) groups is 1. The molecule has 3 aliphatic heterocycles. The van der Waals surface area contributed by atoms with Gasteiger partial charge in [0.1, 0.15) is 23.9 Å². The fourth-order valence-electron chi connectivity index (χ4n) is 8.73. The maximum atomic E-state index is 14.3. The molecule has 334 valence electrons. The number of likely N-dealkylation sites (N-methyl/N-ethyl adjacent to an activating group) is 1. The van der Waals surface area contributed by atoms with Crippen molar-refractivity contribution in [2.24, 2.45) is 28.8 Å². The number of hydrogen-bond donors (Lipinski definition) is 6. The lowest BCUT2D eigenvalue weighted by atomic mass is 9.73. The van der Waals surface area contributed by atoms with Crippen LogP contribution in [0.1, 0.15) is 94.9 Å². The molecule has 3 fully saturated rings. The molecule has 0 saturated carbocycles. The average molecular weight is 823 g/mol. The molecule has 17 heteroatoms. The summed E-state index contributed by atoms with van der Waals surface area (Å²) in [6.07, 6.45) is -9.54. The second-order valence-electron chi connectivity index (χ2n) is 17.1. The number of aliphatic hydroxyl groups excluding tert-OH is 3. The van der Waals surface area contributed by atoms with Crippen LogP contribution in [-0.2, 0) is 47.5 Å². The average Bonchev–Trinajstić information content (AvgIpc) is 3.15. The Hall–Kier alpha value is -1.58. The number of cyclic esters (lactones) is 1. The number of methoxy groups -OCH3 is 2. The van der Waals surface area contributed by atoms with Gasteiger partial charge in [-0.15, -0.1) is 0 Å². The minimum atomic E-state index is -1.97. The van der Waals surface area contributed by atoms with Crippen LogP contribution in [0.2, 0.25) is 0 Å². The molecule has 3 aliphatic rings. The predicted octanol–water partition coefficient (Wildman–Crippen LogP) is 1.87. The Balaban J connectivity index is 2.21. The smallest absolute Gasteiger partial charge is 0.311 e. The van der Waals surface area contributed by atoms with Crippen LogP contribution in [0.3, 0.4) is 0 Å². The molecule has 3 heterocycles. The summed E-state index contributed by atoms with van der Waals surface area (Å²) in [6.45, 7) is 17.2. The monoisotopic (exact) mass is 823 g/mol. The molecule has 6 N–H and O–H groups in total. The third kappa shape index (κ3) is 12.0. The van der Waals surface area contributed by atoms with Crippen molar-refractivity contribution in [3.63, 3.8) is 0 Å². The molecule has 18 atom stereocenters. The van der Waals surface area contributed by atoms with Gasteiger partial charge in [0.05, 0.1) is 66.6 Å². The predicted molar refractivity (Wildman–Crippen MR) is 208 cm³/mol. The van der Waals surface area contributed by atoms with Gasteiger partial charge >= 0.3 is 5.97 Å². The van der Waals surface area contributed by atoms with Crippen LogP contribution in [0.4, 0.5) is 0 Å². The summed E-state index contributed by atoms with van der Waals surface area (Å²) in [4.78, 5) is 19.8. The molecule has 0 amide bonds. The van der Waals surface area contributed by atoms with E-state index in [0.717, 1.165) is 0 Å². The van der Waals surface area contributed by atoms with Gasteiger partial charge in [-0.2, -0.15) is 0 Å². The summed E-state index contributed by atoms with van der Waals surface area (Å²) < 4.78 is 47.9. The number of ether oxygens (including phenoxy) is 8. The van der Waals surface area contributed by atoms with Crippen LogP contribution in [0.15, 0.2) is 5.16 Å². The third-order valence-corrected chi connectivity index (χ3v) is 12.3. The molecule has 0 aromatic carbocycles. The Morgan fingerprint density at radius 2 is 1.58 bits per heavy atom. The van der Waals surface area contributed by atoms with Crippen LogP contribution >= 0.6 is 0 Å². The minimum absolute atomic E-state index is 0.0323. The standard InChI is InChI=1S/C40H74N2O15/c1-14-28-40(10,48)33(44)23(4)30(42-52-20-51-16-15-49-12)21(2)18-38(8,47)35(57-37-31(43)27(41-11)17-22(3)53-37)24(5)32(25(6)36(46)55-28)56-29-19-39(9,50-13)34(45)26(7)54-29/h21-29,31-35,37,41,43-45,47-48H,14-20H2,1-13H3/t21-,22-,23+,24+,25-,26+,27+,28-,29+,31-,32+,33-,34+,35-,37+,38-,39-,40-/m1/s1. The number of aliphatic hydroxyl groups is 5. The lowest BCUT2D eigenvalue weighted by Gasteiger charge is -2.49. The molecule has 0 aliphatic carbocycles. The van der Waals surface area contributed by atoms with Gasteiger partial charge < -0.3 is 73.6 Å². The first-order valence-electron chi connectivity index (χ1n) is 20.4. The fraction of sp³-hybridized carbons (Fsp3) is 0.950. The van der Waals surface area contributed by atoms with Gasteiger partial charge in [-0.3, -0.25) is 4.79 Å². The molecule has 0 aromatic heterocycles. The summed E-state index contributed by atoms with van der Waals surface area (Å²) in [5, 5.41) is 66.4. The van der Waals surface area contributed by atoms with Crippen LogP contribution in [0, 0.1) is 23.7 Å². The topological polar surface area (TPSA) is 226 Å². The zero-order chi connectivity index (χ0) is 43.0. The number of rotatable bonds is 13. The summed E-state index contributed by atoms with van der Waals surface area (Å²) >= 11 is 0. The van der Waals surface area contributed by atoms with Crippen molar-refractivity contribution < 1.29 is 73.1 Å². The van der Waals surface area contributed by atoms with Crippen LogP contribution in [0.5, 0.6) is 0 Å². The molecule has 3 rings (SSSR count). The minimum Gasteiger partial charge on any atom is -0.459 e. The second-order valence-corrected chi connectivity index (χ2v) is 17.1. The van der Waals surface area contributed by atoms with Crippen molar-refractivity contribution in [1.82, 2.24) is 5.32 Å². The molecular formula is C40H74N2O15. The van der Waals surface area contributed by atoms with Crippen LogP contribution in [-0.4, -0.2) is 163 Å². The fourth-order valence-corrected chi connectivity index (χ4v) is 8.73. The van der Waals surface area contributed by atoms with E-state index in [4.69, 9.17) is 42.7 Å². The van der Waals surface area contributed by atoms with E-state index in [1.165, 1.54) is 14.0 Å². The summed E-state index contributed by atoms with van der Waals surface area (Å²) in [7, 11) is 4.77. The van der Waals surface area contributed by atoms with E-state index in [9.17, 15) is 30.3 Å². The van der Waals surface area contributed by atoms with Crippen molar-refractivity contribution >= 4 is 11.7 Å². The first-order valence-corrected chi connectivity index (χ1v) is 20.4. The molecule has 0 aromatic rings. The molecular weight excluding hydrogens is 748 g/mol. The molecule has 57 heavy (non-hydrogen) atoms. The van der Waals surface area contributed by atoms with Crippen molar-refractivity contribution in [1.29, 1.82) is 0 Å². The Bertz CT molecular complexity index is 1270. The Morgan fingerprint density at radius 3 is 2.18 bits per heavy atom. The largest absolute Gasteiger partial charge is 0.459 e. The van der Waals surface area contributed by atoms with Gasteiger partial charge in [0.25, 0.3) is 0 Å². The highest BCUT2D eigenvalue weighted by atomic mass is 16.7. The zero-order valence-corrected chi connectivity index (χ0v) is 36.4. The van der Waals surface area contributed by atoms with Gasteiger partial charge in [0.2, 0.25) is 6.79 Å². The number of nitrogens with zero attached hydrogens (tertiary/aromatic N) is 1. The lowest BCUT2D eigenvalue weighted by Crippen LogP contribution is -2.61. The van der Waals surface area contributed by atoms with Gasteiger partial charge in [0, 0.05) is 44.4 Å². The maximum absolute atomic E-state index is 14.3. The zero-order valence-electron chi connectivity index (χ0n) is 36.4. The molecule has 3 saturated heterocycles. The highest BCUT2D eigenvalue weighted by Gasteiger charge is 2.53. The van der Waals surface area contributed by atoms with Gasteiger partial charge in [-0.25, -0.2) is 0 Å². The van der Waals surface area contributed by atoms with Crippen LogP contribution < -0.4 is 5.32 Å². The molecule has 0 radical (unpaired) electrons. The van der Waals surface area contributed by atoms with Crippen molar-refractivity contribution in [2.75, 3.05) is 41.3 Å². The first-order chi connectivity index (χ1) is 26.6. The number of oxime groups is 1. The summed E-state index contributed by atoms with van der Waals surface area (Å²) in [5.74, 6) is -4.14.